The summed E-state index contributed by atoms with van der Waals surface area (Å²) in [5, 5.41) is 2.98. The quantitative estimate of drug-likeness (QED) is 0.494. The summed E-state index contributed by atoms with van der Waals surface area (Å²) in [7, 11) is -4.07. The Morgan fingerprint density at radius 2 is 1.79 bits per heavy atom. The highest BCUT2D eigenvalue weighted by molar-refractivity contribution is 7.83. The maximum atomic E-state index is 10.3. The lowest BCUT2D eigenvalue weighted by Crippen LogP contribution is -2.28. The van der Waals surface area contributed by atoms with Crippen molar-refractivity contribution in [3.05, 3.63) is 30.3 Å². The van der Waals surface area contributed by atoms with E-state index in [0.29, 0.717) is 6.54 Å². The van der Waals surface area contributed by atoms with Gasteiger partial charge in [-0.3, -0.25) is 4.55 Å². The molecule has 0 aliphatic carbocycles. The Bertz CT molecular complexity index is 363. The van der Waals surface area contributed by atoms with Gasteiger partial charge in [0.2, 0.25) is 0 Å². The van der Waals surface area contributed by atoms with Crippen LogP contribution >= 0.6 is 0 Å². The van der Waals surface area contributed by atoms with Crippen molar-refractivity contribution < 1.29 is 13.0 Å². The topological polar surface area (TPSA) is 78.4 Å². The summed E-state index contributed by atoms with van der Waals surface area (Å²) < 4.78 is 30.8. The molecular formula is C8H12N2O3S. The predicted molar refractivity (Wildman–Crippen MR) is 54.5 cm³/mol. The van der Waals surface area contributed by atoms with E-state index >= 15 is 0 Å². The third-order valence-electron chi connectivity index (χ3n) is 1.51. The average molecular weight is 216 g/mol. The third kappa shape index (κ3) is 4.80. The van der Waals surface area contributed by atoms with Crippen molar-refractivity contribution in [2.75, 3.05) is 18.4 Å². The molecule has 0 heterocycles. The first-order chi connectivity index (χ1) is 6.58. The van der Waals surface area contributed by atoms with Gasteiger partial charge in [-0.15, -0.1) is 0 Å². The van der Waals surface area contributed by atoms with E-state index in [1.54, 1.807) is 0 Å². The molecule has 0 aliphatic rings. The minimum atomic E-state index is -4.07. The van der Waals surface area contributed by atoms with Crippen molar-refractivity contribution in [3.8, 4) is 0 Å². The number of benzene rings is 1. The van der Waals surface area contributed by atoms with Crippen LogP contribution in [-0.2, 0) is 10.3 Å². The van der Waals surface area contributed by atoms with Gasteiger partial charge in [0.25, 0.3) is 0 Å². The van der Waals surface area contributed by atoms with Crippen molar-refractivity contribution in [2.24, 2.45) is 0 Å². The van der Waals surface area contributed by atoms with Crippen molar-refractivity contribution in [2.45, 2.75) is 0 Å². The zero-order chi connectivity index (χ0) is 10.4. The highest BCUT2D eigenvalue weighted by atomic mass is 32.2. The molecule has 1 aromatic carbocycles. The van der Waals surface area contributed by atoms with Crippen molar-refractivity contribution in [1.82, 2.24) is 4.72 Å². The van der Waals surface area contributed by atoms with Crippen LogP contribution in [0, 0.1) is 0 Å². The predicted octanol–water partition coefficient (Wildman–Crippen LogP) is 0.491. The monoisotopic (exact) mass is 216 g/mol. The van der Waals surface area contributed by atoms with Crippen LogP contribution in [0.5, 0.6) is 0 Å². The van der Waals surface area contributed by atoms with E-state index in [1.165, 1.54) is 0 Å². The summed E-state index contributed by atoms with van der Waals surface area (Å²) in [5.74, 6) is 0. The standard InChI is InChI=1S/C8H12N2O3S/c11-14(12,13)10-7-6-9-8-4-2-1-3-5-8/h1-5,9-10H,6-7H2,(H,11,12,13). The van der Waals surface area contributed by atoms with Gasteiger partial charge in [-0.05, 0) is 12.1 Å². The van der Waals surface area contributed by atoms with E-state index in [9.17, 15) is 8.42 Å². The van der Waals surface area contributed by atoms with Crippen LogP contribution in [-0.4, -0.2) is 26.1 Å². The smallest absolute Gasteiger partial charge is 0.333 e. The van der Waals surface area contributed by atoms with Crippen LogP contribution < -0.4 is 10.0 Å². The molecule has 1 aromatic rings. The van der Waals surface area contributed by atoms with Gasteiger partial charge in [0.15, 0.2) is 0 Å². The molecule has 6 heteroatoms. The van der Waals surface area contributed by atoms with Gasteiger partial charge in [-0.25, -0.2) is 0 Å². The molecule has 0 fully saturated rings. The number of hydrogen-bond donors (Lipinski definition) is 3. The molecule has 3 N–H and O–H groups in total. The van der Waals surface area contributed by atoms with E-state index in [2.05, 4.69) is 5.32 Å². The SMILES string of the molecule is O=S(=O)(O)NCCNc1ccccc1. The summed E-state index contributed by atoms with van der Waals surface area (Å²) in [6, 6.07) is 9.37. The van der Waals surface area contributed by atoms with E-state index in [-0.39, 0.29) is 6.54 Å². The Labute approximate surface area is 83.0 Å². The van der Waals surface area contributed by atoms with E-state index in [1.807, 2.05) is 35.1 Å². The normalized spacial score (nSPS) is 11.2. The van der Waals surface area contributed by atoms with Gasteiger partial charge < -0.3 is 5.32 Å². The zero-order valence-corrected chi connectivity index (χ0v) is 8.29. The van der Waals surface area contributed by atoms with E-state index in [0.717, 1.165) is 5.69 Å². The molecule has 5 nitrogen and oxygen atoms in total. The van der Waals surface area contributed by atoms with Crippen LogP contribution in [0.4, 0.5) is 5.69 Å². The molecule has 0 aliphatic heterocycles. The van der Waals surface area contributed by atoms with Gasteiger partial charge >= 0.3 is 10.3 Å². The summed E-state index contributed by atoms with van der Waals surface area (Å²) >= 11 is 0. The molecule has 0 spiro atoms. The van der Waals surface area contributed by atoms with Gasteiger partial charge in [0, 0.05) is 18.8 Å². The Hall–Kier alpha value is -1.11. The van der Waals surface area contributed by atoms with E-state index in [4.69, 9.17) is 4.55 Å². The molecule has 0 amide bonds. The van der Waals surface area contributed by atoms with Gasteiger partial charge in [-0.2, -0.15) is 13.1 Å². The van der Waals surface area contributed by atoms with Crippen molar-refractivity contribution in [1.29, 1.82) is 0 Å². The number of anilines is 1. The highest BCUT2D eigenvalue weighted by Crippen LogP contribution is 2.03. The largest absolute Gasteiger partial charge is 0.384 e. The first-order valence-electron chi connectivity index (χ1n) is 4.09. The van der Waals surface area contributed by atoms with Crippen LogP contribution in [0.3, 0.4) is 0 Å². The van der Waals surface area contributed by atoms with Gasteiger partial charge in [-0.1, -0.05) is 18.2 Å². The minimum absolute atomic E-state index is 0.147. The molecule has 0 bridgehead atoms. The third-order valence-corrected chi connectivity index (χ3v) is 2.08. The number of nitrogens with one attached hydrogen (secondary N) is 2. The van der Waals surface area contributed by atoms with Crippen LogP contribution in [0.15, 0.2) is 30.3 Å². The molecule has 0 radical (unpaired) electrons. The first-order valence-corrected chi connectivity index (χ1v) is 5.53. The van der Waals surface area contributed by atoms with Crippen molar-refractivity contribution >= 4 is 16.0 Å². The number of rotatable bonds is 5. The highest BCUT2D eigenvalue weighted by Gasteiger charge is 2.00. The van der Waals surface area contributed by atoms with Crippen LogP contribution in [0.1, 0.15) is 0 Å². The maximum absolute atomic E-state index is 10.3. The Kier molecular flexibility index (Phi) is 3.87. The summed E-state index contributed by atoms with van der Waals surface area (Å²) in [4.78, 5) is 0. The fourth-order valence-corrected chi connectivity index (χ4v) is 1.30. The number of para-hydroxylation sites is 1. The number of hydrogen-bond acceptors (Lipinski definition) is 3. The lowest BCUT2D eigenvalue weighted by Gasteiger charge is -2.05. The molecular weight excluding hydrogens is 204 g/mol. The molecule has 0 unspecified atom stereocenters. The first kappa shape index (κ1) is 11.0. The average Bonchev–Trinajstić information content (AvgIpc) is 2.13. The molecule has 78 valence electrons. The molecule has 14 heavy (non-hydrogen) atoms. The molecule has 0 aromatic heterocycles. The zero-order valence-electron chi connectivity index (χ0n) is 7.47. The summed E-state index contributed by atoms with van der Waals surface area (Å²) in [6.45, 7) is 0.567. The fraction of sp³-hybridized carbons (Fsp3) is 0.250. The molecule has 0 saturated carbocycles. The molecule has 0 saturated heterocycles. The summed E-state index contributed by atoms with van der Waals surface area (Å²) in [5.41, 5.74) is 0.907. The minimum Gasteiger partial charge on any atom is -0.384 e. The Morgan fingerprint density at radius 3 is 2.36 bits per heavy atom. The fourth-order valence-electron chi connectivity index (χ4n) is 0.943. The molecule has 1 rings (SSSR count). The lowest BCUT2D eigenvalue weighted by atomic mass is 10.3. The van der Waals surface area contributed by atoms with Crippen LogP contribution in [0.25, 0.3) is 0 Å². The Balaban J connectivity index is 2.23. The van der Waals surface area contributed by atoms with E-state index < -0.39 is 10.3 Å². The second-order valence-corrected chi connectivity index (χ2v) is 3.90. The molecule has 0 atom stereocenters. The van der Waals surface area contributed by atoms with Crippen LogP contribution in [0.2, 0.25) is 0 Å². The van der Waals surface area contributed by atoms with Gasteiger partial charge in [0.05, 0.1) is 0 Å². The maximum Gasteiger partial charge on any atom is 0.333 e. The van der Waals surface area contributed by atoms with Gasteiger partial charge in [0.1, 0.15) is 0 Å². The summed E-state index contributed by atoms with van der Waals surface area (Å²) in [6.07, 6.45) is 0. The lowest BCUT2D eigenvalue weighted by molar-refractivity contribution is 0.469. The Morgan fingerprint density at radius 1 is 1.14 bits per heavy atom. The van der Waals surface area contributed by atoms with Crippen molar-refractivity contribution in [3.63, 3.8) is 0 Å². The second kappa shape index (κ2) is 4.94. The second-order valence-electron chi connectivity index (χ2n) is 2.66.